The maximum atomic E-state index is 5.81. The zero-order valence-electron chi connectivity index (χ0n) is 14.8. The Morgan fingerprint density at radius 1 is 0.857 bits per heavy atom. The van der Waals surface area contributed by atoms with Gasteiger partial charge in [0.25, 0.3) is 0 Å². The Morgan fingerprint density at radius 3 is 2.54 bits per heavy atom. The molecule has 6 heteroatoms. The minimum absolute atomic E-state index is 0.193. The number of hydrogen-bond donors (Lipinski definition) is 0. The number of para-hydroxylation sites is 1. The Kier molecular flexibility index (Phi) is 4.14. The zero-order chi connectivity index (χ0) is 18.8. The highest BCUT2D eigenvalue weighted by molar-refractivity contribution is 5.81. The quantitative estimate of drug-likeness (QED) is 0.475. The zero-order valence-corrected chi connectivity index (χ0v) is 14.8. The number of furan rings is 1. The summed E-state index contributed by atoms with van der Waals surface area (Å²) in [5.41, 5.74) is 2.46. The van der Waals surface area contributed by atoms with Crippen LogP contribution in [0.25, 0.3) is 11.1 Å². The molecule has 2 aromatic heterocycles. The lowest BCUT2D eigenvalue weighted by Gasteiger charge is -2.10. The molecule has 5 rings (SSSR count). The monoisotopic (exact) mass is 372 g/mol. The second-order valence-corrected chi connectivity index (χ2v) is 6.34. The van der Waals surface area contributed by atoms with Gasteiger partial charge in [0.2, 0.25) is 5.90 Å². The molecular weight excluding hydrogens is 356 g/mol. The van der Waals surface area contributed by atoms with Crippen LogP contribution >= 0.6 is 0 Å². The fourth-order valence-electron chi connectivity index (χ4n) is 2.99. The second kappa shape index (κ2) is 7.08. The van der Waals surface area contributed by atoms with Gasteiger partial charge in [0.05, 0.1) is 18.9 Å². The number of fused-ring (bicyclic) bond motifs is 1. The van der Waals surface area contributed by atoms with E-state index in [2.05, 4.69) is 10.1 Å². The topological polar surface area (TPSA) is 66.1 Å². The third-order valence-corrected chi connectivity index (χ3v) is 4.39. The van der Waals surface area contributed by atoms with Crippen LogP contribution < -0.4 is 9.47 Å². The molecule has 0 unspecified atom stereocenters. The van der Waals surface area contributed by atoms with Crippen LogP contribution in [-0.2, 0) is 4.84 Å². The minimum atomic E-state index is -0.193. The first kappa shape index (κ1) is 16.4. The van der Waals surface area contributed by atoms with Crippen molar-refractivity contribution < 1.29 is 18.7 Å². The number of aromatic nitrogens is 1. The maximum absolute atomic E-state index is 5.81. The van der Waals surface area contributed by atoms with E-state index in [9.17, 15) is 0 Å². The van der Waals surface area contributed by atoms with Crippen molar-refractivity contribution in [1.29, 1.82) is 0 Å². The Balaban J connectivity index is 1.22. The molecule has 0 fully saturated rings. The van der Waals surface area contributed by atoms with Crippen LogP contribution in [0.4, 0.5) is 0 Å². The first-order valence-corrected chi connectivity index (χ1v) is 8.90. The van der Waals surface area contributed by atoms with Crippen molar-refractivity contribution in [3.05, 3.63) is 84.8 Å². The summed E-state index contributed by atoms with van der Waals surface area (Å²) in [6.45, 7) is 0. The molecule has 0 spiro atoms. The number of hydrogen-bond acceptors (Lipinski definition) is 6. The van der Waals surface area contributed by atoms with Crippen molar-refractivity contribution in [2.45, 2.75) is 12.5 Å². The molecule has 1 atom stereocenters. The third kappa shape index (κ3) is 3.40. The van der Waals surface area contributed by atoms with Gasteiger partial charge in [0, 0.05) is 12.1 Å². The molecule has 3 heterocycles. The lowest BCUT2D eigenvalue weighted by atomic mass is 10.1. The van der Waals surface area contributed by atoms with Crippen molar-refractivity contribution in [1.82, 2.24) is 4.98 Å². The summed E-state index contributed by atoms with van der Waals surface area (Å²) in [7, 11) is 0. The lowest BCUT2D eigenvalue weighted by Crippen LogP contribution is -2.07. The Morgan fingerprint density at radius 2 is 1.68 bits per heavy atom. The van der Waals surface area contributed by atoms with Crippen LogP contribution in [0.15, 0.2) is 88.8 Å². The van der Waals surface area contributed by atoms with Crippen LogP contribution in [0.2, 0.25) is 0 Å². The molecular formula is C22H16N2O4. The fourth-order valence-corrected chi connectivity index (χ4v) is 2.99. The SMILES string of the molecule is c1ccc(Oc2ccc([C@@H]3CC(Oc4cnc5ccoc5c4)=NO3)cc2)cc1. The normalized spacial score (nSPS) is 15.9. The molecule has 0 aliphatic carbocycles. The molecule has 0 saturated heterocycles. The molecule has 0 amide bonds. The van der Waals surface area contributed by atoms with Crippen molar-refractivity contribution >= 4 is 17.0 Å². The smallest absolute Gasteiger partial charge is 0.235 e. The summed E-state index contributed by atoms with van der Waals surface area (Å²) in [4.78, 5) is 9.81. The Bertz CT molecular complexity index is 1120. The predicted molar refractivity (Wildman–Crippen MR) is 103 cm³/mol. The predicted octanol–water partition coefficient (Wildman–Crippen LogP) is 5.47. The molecule has 2 aromatic carbocycles. The van der Waals surface area contributed by atoms with Gasteiger partial charge in [-0.3, -0.25) is 0 Å². The largest absolute Gasteiger partial charge is 0.463 e. The van der Waals surface area contributed by atoms with Crippen LogP contribution in [0.1, 0.15) is 18.1 Å². The van der Waals surface area contributed by atoms with Crippen molar-refractivity contribution in [3.63, 3.8) is 0 Å². The van der Waals surface area contributed by atoms with E-state index >= 15 is 0 Å². The van der Waals surface area contributed by atoms with E-state index in [1.807, 2.05) is 54.6 Å². The highest BCUT2D eigenvalue weighted by atomic mass is 16.7. The number of rotatable bonds is 4. The summed E-state index contributed by atoms with van der Waals surface area (Å²) in [5, 5.41) is 4.05. The van der Waals surface area contributed by atoms with Crippen molar-refractivity contribution in [2.24, 2.45) is 5.16 Å². The molecule has 1 aliphatic heterocycles. The Labute approximate surface area is 161 Å². The summed E-state index contributed by atoms with van der Waals surface area (Å²) >= 11 is 0. The van der Waals surface area contributed by atoms with E-state index in [0.29, 0.717) is 23.7 Å². The molecule has 1 aliphatic rings. The lowest BCUT2D eigenvalue weighted by molar-refractivity contribution is 0.0855. The number of oxime groups is 1. The average Bonchev–Trinajstić information content (AvgIpc) is 3.39. The summed E-state index contributed by atoms with van der Waals surface area (Å²) < 4.78 is 16.9. The van der Waals surface area contributed by atoms with Gasteiger partial charge in [0.15, 0.2) is 17.4 Å². The number of ether oxygens (including phenoxy) is 2. The molecule has 0 saturated carbocycles. The van der Waals surface area contributed by atoms with Gasteiger partial charge < -0.3 is 18.7 Å². The summed E-state index contributed by atoms with van der Waals surface area (Å²) in [6.07, 6.45) is 3.58. The van der Waals surface area contributed by atoms with E-state index in [1.165, 1.54) is 0 Å². The standard InChI is InChI=1S/C22H16N2O4/c1-2-4-16(5-3-1)26-17-8-6-15(7-9-17)20-13-22(24-28-20)27-18-12-21-19(23-14-18)10-11-25-21/h1-12,14,20H,13H2/t20-/m0/s1. The molecule has 138 valence electrons. The molecule has 6 nitrogen and oxygen atoms in total. The van der Waals surface area contributed by atoms with Crippen molar-refractivity contribution in [3.8, 4) is 17.2 Å². The van der Waals surface area contributed by atoms with Crippen LogP contribution in [0, 0.1) is 0 Å². The highest BCUT2D eigenvalue weighted by Gasteiger charge is 2.25. The van der Waals surface area contributed by atoms with E-state index in [0.717, 1.165) is 22.6 Å². The minimum Gasteiger partial charge on any atom is -0.463 e. The van der Waals surface area contributed by atoms with Crippen LogP contribution in [0.5, 0.6) is 17.2 Å². The first-order valence-electron chi connectivity index (χ1n) is 8.90. The van der Waals surface area contributed by atoms with Gasteiger partial charge in [-0.05, 0) is 29.8 Å². The van der Waals surface area contributed by atoms with Gasteiger partial charge in [0.1, 0.15) is 17.0 Å². The fraction of sp³-hybridized carbons (Fsp3) is 0.0909. The summed E-state index contributed by atoms with van der Waals surface area (Å²) in [6, 6.07) is 21.0. The highest BCUT2D eigenvalue weighted by Crippen LogP contribution is 2.31. The van der Waals surface area contributed by atoms with Gasteiger partial charge in [-0.15, -0.1) is 0 Å². The summed E-state index contributed by atoms with van der Waals surface area (Å²) in [5.74, 6) is 2.64. The number of benzene rings is 2. The van der Waals surface area contributed by atoms with Gasteiger partial charge >= 0.3 is 0 Å². The average molecular weight is 372 g/mol. The molecule has 28 heavy (non-hydrogen) atoms. The van der Waals surface area contributed by atoms with Crippen LogP contribution in [0.3, 0.4) is 0 Å². The van der Waals surface area contributed by atoms with Crippen molar-refractivity contribution in [2.75, 3.05) is 0 Å². The molecule has 0 bridgehead atoms. The Hall–Kier alpha value is -3.80. The van der Waals surface area contributed by atoms with E-state index in [4.69, 9.17) is 18.7 Å². The van der Waals surface area contributed by atoms with Gasteiger partial charge in [-0.25, -0.2) is 4.98 Å². The first-order chi connectivity index (χ1) is 13.8. The third-order valence-electron chi connectivity index (χ3n) is 4.39. The van der Waals surface area contributed by atoms with E-state index < -0.39 is 0 Å². The number of nitrogens with zero attached hydrogens (tertiary/aromatic N) is 2. The van der Waals surface area contributed by atoms with E-state index in [-0.39, 0.29) is 6.10 Å². The van der Waals surface area contributed by atoms with Crippen LogP contribution in [-0.4, -0.2) is 10.9 Å². The van der Waals surface area contributed by atoms with Gasteiger partial charge in [-0.2, -0.15) is 0 Å². The number of pyridine rings is 1. The maximum Gasteiger partial charge on any atom is 0.235 e. The molecule has 0 radical (unpaired) electrons. The second-order valence-electron chi connectivity index (χ2n) is 6.34. The van der Waals surface area contributed by atoms with Gasteiger partial charge in [-0.1, -0.05) is 35.5 Å². The molecule has 0 N–H and O–H groups in total. The van der Waals surface area contributed by atoms with E-state index in [1.54, 1.807) is 24.6 Å². The molecule has 4 aromatic rings.